The van der Waals surface area contributed by atoms with Crippen LogP contribution in [0.4, 0.5) is 0 Å². The summed E-state index contributed by atoms with van der Waals surface area (Å²) < 4.78 is 9.78. The maximum Gasteiger partial charge on any atom is 0.433 e. The average Bonchev–Trinajstić information content (AvgIpc) is 2.42. The minimum atomic E-state index is -0.469. The molecular formula is C14H19N3O3. The van der Waals surface area contributed by atoms with E-state index >= 15 is 0 Å². The zero-order valence-corrected chi connectivity index (χ0v) is 12.0. The van der Waals surface area contributed by atoms with E-state index in [4.69, 9.17) is 20.3 Å². The first-order chi connectivity index (χ1) is 9.46. The van der Waals surface area contributed by atoms with Crippen molar-refractivity contribution in [3.8, 4) is 6.07 Å². The number of carbonyl (C=O) groups excluding carboxylic acids is 1. The molecule has 0 atom stereocenters. The number of hydrogen-bond acceptors (Lipinski definition) is 4. The highest BCUT2D eigenvalue weighted by atomic mass is 16.7. The van der Waals surface area contributed by atoms with Gasteiger partial charge in [-0.3, -0.25) is 4.79 Å². The highest BCUT2D eigenvalue weighted by Gasteiger charge is 2.23. The number of ether oxygens (including phenoxy) is 2. The van der Waals surface area contributed by atoms with Crippen molar-refractivity contribution in [2.24, 2.45) is 5.41 Å². The van der Waals surface area contributed by atoms with E-state index < -0.39 is 11.5 Å². The molecule has 0 N–H and O–H groups in total. The lowest BCUT2D eigenvalue weighted by molar-refractivity contribution is -0.117. The highest BCUT2D eigenvalue weighted by Crippen LogP contribution is 2.23. The summed E-state index contributed by atoms with van der Waals surface area (Å²) in [4.78, 5) is 14.2. The monoisotopic (exact) mass is 277 g/mol. The summed E-state index contributed by atoms with van der Waals surface area (Å²) in [6, 6.07) is 1.55. The Hall–Kier alpha value is -2.02. The second-order valence-corrected chi connectivity index (χ2v) is 4.76. The molecule has 0 saturated heterocycles. The lowest BCUT2D eigenvalue weighted by Crippen LogP contribution is -2.17. The molecule has 0 bridgehead atoms. The van der Waals surface area contributed by atoms with Crippen molar-refractivity contribution in [3.63, 3.8) is 0 Å². The van der Waals surface area contributed by atoms with E-state index in [2.05, 4.69) is 10.5 Å². The largest absolute Gasteiger partial charge is 0.433 e. The molecule has 20 heavy (non-hydrogen) atoms. The fourth-order valence-corrected chi connectivity index (χ4v) is 1.29. The number of rotatable bonds is 9. The van der Waals surface area contributed by atoms with Gasteiger partial charge in [-0.15, -0.1) is 5.73 Å². The molecule has 6 nitrogen and oxygen atoms in total. The van der Waals surface area contributed by atoms with Crippen molar-refractivity contribution in [2.75, 3.05) is 20.5 Å². The summed E-state index contributed by atoms with van der Waals surface area (Å²) in [7, 11) is 1.55. The summed E-state index contributed by atoms with van der Waals surface area (Å²) in [6.45, 7) is 4.52. The Balaban J connectivity index is 4.32. The predicted octanol–water partition coefficient (Wildman–Crippen LogP) is 1.89. The molecule has 0 aliphatic carbocycles. The van der Waals surface area contributed by atoms with E-state index in [0.717, 1.165) is 0 Å². The molecule has 0 fully saturated rings. The SMILES string of the molecule is COCOCC=C=CC(C)(C)CCC(=O)C(C#N)=[N+]=[N-]. The number of ketones is 1. The molecule has 0 unspecified atom stereocenters. The molecule has 0 rings (SSSR count). The van der Waals surface area contributed by atoms with E-state index in [-0.39, 0.29) is 18.6 Å². The van der Waals surface area contributed by atoms with Gasteiger partial charge < -0.3 is 15.0 Å². The van der Waals surface area contributed by atoms with Crippen LogP contribution in [0.5, 0.6) is 0 Å². The van der Waals surface area contributed by atoms with E-state index in [1.807, 2.05) is 19.9 Å². The zero-order valence-electron chi connectivity index (χ0n) is 12.0. The predicted molar refractivity (Wildman–Crippen MR) is 72.7 cm³/mol. The van der Waals surface area contributed by atoms with Crippen LogP contribution >= 0.6 is 0 Å². The molecule has 0 aromatic carbocycles. The van der Waals surface area contributed by atoms with E-state index in [1.165, 1.54) is 0 Å². The van der Waals surface area contributed by atoms with Crippen LogP contribution in [0.1, 0.15) is 26.7 Å². The Bertz CT molecular complexity index is 476. The molecule has 108 valence electrons. The van der Waals surface area contributed by atoms with Crippen LogP contribution < -0.4 is 0 Å². The third-order valence-electron chi connectivity index (χ3n) is 2.46. The van der Waals surface area contributed by atoms with Gasteiger partial charge in [-0.05, 0) is 24.0 Å². The van der Waals surface area contributed by atoms with Gasteiger partial charge >= 0.3 is 5.71 Å². The van der Waals surface area contributed by atoms with Crippen LogP contribution in [-0.4, -0.2) is 36.8 Å². The molecule has 0 radical (unpaired) electrons. The first kappa shape index (κ1) is 18.0. The normalized spacial score (nSPS) is 9.90. The van der Waals surface area contributed by atoms with Crippen LogP contribution in [-0.2, 0) is 14.3 Å². The van der Waals surface area contributed by atoms with Gasteiger partial charge in [0.05, 0.1) is 6.61 Å². The van der Waals surface area contributed by atoms with Gasteiger partial charge in [-0.2, -0.15) is 10.1 Å². The quantitative estimate of drug-likeness (QED) is 0.160. The second-order valence-electron chi connectivity index (χ2n) is 4.76. The van der Waals surface area contributed by atoms with Gasteiger partial charge in [0.15, 0.2) is 6.07 Å². The van der Waals surface area contributed by atoms with Gasteiger partial charge in [0.1, 0.15) is 6.79 Å². The first-order valence-corrected chi connectivity index (χ1v) is 6.11. The van der Waals surface area contributed by atoms with Crippen molar-refractivity contribution >= 4 is 11.5 Å². The summed E-state index contributed by atoms with van der Waals surface area (Å²) in [5, 5.41) is 8.56. The highest BCUT2D eigenvalue weighted by molar-refractivity contribution is 6.43. The average molecular weight is 277 g/mol. The molecule has 0 amide bonds. The zero-order chi connectivity index (χ0) is 15.4. The van der Waals surface area contributed by atoms with Gasteiger partial charge in [-0.1, -0.05) is 13.8 Å². The molecule has 0 aromatic rings. The number of nitriles is 1. The lowest BCUT2D eigenvalue weighted by Gasteiger charge is -2.17. The number of hydrogen-bond donors (Lipinski definition) is 0. The molecule has 0 aromatic heterocycles. The van der Waals surface area contributed by atoms with Crippen molar-refractivity contribution < 1.29 is 19.1 Å². The summed E-state index contributed by atoms with van der Waals surface area (Å²) >= 11 is 0. The molecular weight excluding hydrogens is 258 g/mol. The fraction of sp³-hybridized carbons (Fsp3) is 0.571. The third-order valence-corrected chi connectivity index (χ3v) is 2.46. The van der Waals surface area contributed by atoms with Crippen LogP contribution in [0.15, 0.2) is 17.9 Å². The van der Waals surface area contributed by atoms with Gasteiger partial charge in [-0.25, -0.2) is 0 Å². The van der Waals surface area contributed by atoms with Crippen molar-refractivity contribution in [3.05, 3.63) is 23.4 Å². The van der Waals surface area contributed by atoms with Gasteiger partial charge in [0, 0.05) is 13.5 Å². The Labute approximate surface area is 118 Å². The third kappa shape index (κ3) is 8.15. The number of methoxy groups -OCH3 is 1. The maximum absolute atomic E-state index is 11.5. The van der Waals surface area contributed by atoms with E-state index in [1.54, 1.807) is 19.3 Å². The first-order valence-electron chi connectivity index (χ1n) is 6.11. The van der Waals surface area contributed by atoms with E-state index in [9.17, 15) is 4.79 Å². The Kier molecular flexibility index (Phi) is 8.86. The Morgan fingerprint density at radius 1 is 1.50 bits per heavy atom. The molecule has 0 saturated carbocycles. The van der Waals surface area contributed by atoms with Crippen molar-refractivity contribution in [1.82, 2.24) is 0 Å². The van der Waals surface area contributed by atoms with E-state index in [0.29, 0.717) is 13.0 Å². The number of carbonyl (C=O) groups is 1. The summed E-state index contributed by atoms with van der Waals surface area (Å²) in [5.41, 5.74) is 10.7. The van der Waals surface area contributed by atoms with Crippen LogP contribution in [0.25, 0.3) is 5.53 Å². The smallest absolute Gasteiger partial charge is 0.360 e. The summed E-state index contributed by atoms with van der Waals surface area (Å²) in [6.07, 6.45) is 4.21. The van der Waals surface area contributed by atoms with Crippen molar-refractivity contribution in [2.45, 2.75) is 26.7 Å². The minimum Gasteiger partial charge on any atom is -0.360 e. The van der Waals surface area contributed by atoms with Crippen LogP contribution in [0.2, 0.25) is 0 Å². The minimum absolute atomic E-state index is 0.137. The Morgan fingerprint density at radius 2 is 2.20 bits per heavy atom. The van der Waals surface area contributed by atoms with Crippen LogP contribution in [0.3, 0.4) is 0 Å². The van der Waals surface area contributed by atoms with Gasteiger partial charge in [0.2, 0.25) is 0 Å². The lowest BCUT2D eigenvalue weighted by atomic mass is 9.86. The number of Topliss-reactive ketones (excluding diaryl/α,β-unsaturated/α-hetero) is 1. The topological polar surface area (TPSA) is 95.7 Å². The van der Waals surface area contributed by atoms with Crippen LogP contribution in [0, 0.1) is 16.7 Å². The van der Waals surface area contributed by atoms with Crippen molar-refractivity contribution in [1.29, 1.82) is 5.26 Å². The van der Waals surface area contributed by atoms with Gasteiger partial charge in [0.25, 0.3) is 5.78 Å². The Morgan fingerprint density at radius 3 is 2.75 bits per heavy atom. The molecule has 0 aliphatic rings. The summed E-state index contributed by atoms with van der Waals surface area (Å²) in [5.74, 6) is -0.469. The maximum atomic E-state index is 11.5. The second kappa shape index (κ2) is 9.85. The molecule has 6 heteroatoms. The molecule has 0 heterocycles. The molecule has 0 spiro atoms. The number of nitrogens with zero attached hydrogens (tertiary/aromatic N) is 3. The standard InChI is InChI=1S/C14H19N3O3/c1-14(2,7-4-5-9-20-11-19-3)8-6-13(18)12(10-15)17-16/h5,7H,6,8-9,11H2,1-3H3. The molecule has 0 aliphatic heterocycles. The fourth-order valence-electron chi connectivity index (χ4n) is 1.29.